The molecule has 128 valence electrons. The molecular weight excluding hydrogens is 306 g/mol. The molecule has 0 saturated heterocycles. The third-order valence-corrected chi connectivity index (χ3v) is 4.08. The Bertz CT molecular complexity index is 719. The quantitative estimate of drug-likeness (QED) is 0.852. The molecule has 0 radical (unpaired) electrons. The Hall–Kier alpha value is -2.63. The van der Waals surface area contributed by atoms with Gasteiger partial charge in [-0.1, -0.05) is 38.1 Å². The van der Waals surface area contributed by atoms with Gasteiger partial charge >= 0.3 is 5.97 Å². The number of nitrogens with zero attached hydrogens (tertiary/aromatic N) is 2. The predicted molar refractivity (Wildman–Crippen MR) is 91.0 cm³/mol. The molecule has 24 heavy (non-hydrogen) atoms. The van der Waals surface area contributed by atoms with Crippen LogP contribution in [0.5, 0.6) is 0 Å². The number of hydrogen-bond acceptors (Lipinski definition) is 3. The molecule has 1 heterocycles. The summed E-state index contributed by atoms with van der Waals surface area (Å²) in [5.74, 6) is -0.929. The van der Waals surface area contributed by atoms with Crippen molar-refractivity contribution in [1.82, 2.24) is 15.1 Å². The average Bonchev–Trinajstić information content (AvgIpc) is 3.03. The van der Waals surface area contributed by atoms with Crippen LogP contribution in [0.25, 0.3) is 0 Å². The molecule has 0 spiro atoms. The van der Waals surface area contributed by atoms with Gasteiger partial charge in [-0.3, -0.25) is 4.79 Å². The van der Waals surface area contributed by atoms with Crippen LogP contribution in [0.1, 0.15) is 67.3 Å². The fourth-order valence-electron chi connectivity index (χ4n) is 2.43. The Morgan fingerprint density at radius 3 is 2.17 bits per heavy atom. The molecule has 2 aromatic rings. The summed E-state index contributed by atoms with van der Waals surface area (Å²) < 4.78 is 1.21. The van der Waals surface area contributed by atoms with Gasteiger partial charge < -0.3 is 10.4 Å². The van der Waals surface area contributed by atoms with E-state index in [0.717, 1.165) is 5.56 Å². The van der Waals surface area contributed by atoms with Crippen molar-refractivity contribution in [3.8, 4) is 0 Å². The zero-order chi connectivity index (χ0) is 17.9. The lowest BCUT2D eigenvalue weighted by atomic mass is 9.99. The maximum atomic E-state index is 12.4. The van der Waals surface area contributed by atoms with E-state index in [1.165, 1.54) is 29.4 Å². The van der Waals surface area contributed by atoms with Crippen LogP contribution >= 0.6 is 0 Å². The molecular formula is C18H23N3O3. The Morgan fingerprint density at radius 2 is 1.62 bits per heavy atom. The van der Waals surface area contributed by atoms with E-state index in [-0.39, 0.29) is 17.6 Å². The Morgan fingerprint density at radius 1 is 1.04 bits per heavy atom. The molecule has 2 rings (SSSR count). The van der Waals surface area contributed by atoms with Gasteiger partial charge in [0.15, 0.2) is 0 Å². The first kappa shape index (κ1) is 17.7. The minimum Gasteiger partial charge on any atom is -0.480 e. The Kier molecular flexibility index (Phi) is 5.39. The lowest BCUT2D eigenvalue weighted by molar-refractivity contribution is -0.140. The van der Waals surface area contributed by atoms with Gasteiger partial charge in [-0.15, -0.1) is 0 Å². The van der Waals surface area contributed by atoms with Crippen LogP contribution in [0.4, 0.5) is 0 Å². The summed E-state index contributed by atoms with van der Waals surface area (Å²) in [7, 11) is 0. The fourth-order valence-corrected chi connectivity index (χ4v) is 2.43. The predicted octanol–water partition coefficient (Wildman–Crippen LogP) is 3.14. The van der Waals surface area contributed by atoms with Gasteiger partial charge in [-0.25, -0.2) is 9.48 Å². The number of rotatable bonds is 6. The standard InChI is InChI=1S/C18H23N3O3/c1-11(2)14-5-7-15(8-6-14)12(3)20-17(22)16-9-10-19-21(16)13(4)18(23)24/h5-13H,1-4H3,(H,20,22)(H,23,24). The van der Waals surface area contributed by atoms with Crippen LogP contribution in [-0.2, 0) is 4.79 Å². The lowest BCUT2D eigenvalue weighted by Gasteiger charge is -2.17. The van der Waals surface area contributed by atoms with E-state index in [0.29, 0.717) is 5.92 Å². The van der Waals surface area contributed by atoms with Gasteiger partial charge in [0, 0.05) is 6.20 Å². The summed E-state index contributed by atoms with van der Waals surface area (Å²) in [4.78, 5) is 23.6. The Labute approximate surface area is 141 Å². The minimum absolute atomic E-state index is 0.192. The first-order chi connectivity index (χ1) is 11.3. The topological polar surface area (TPSA) is 84.2 Å². The van der Waals surface area contributed by atoms with Gasteiger partial charge in [0.25, 0.3) is 5.91 Å². The van der Waals surface area contributed by atoms with Crippen LogP contribution in [0, 0.1) is 0 Å². The van der Waals surface area contributed by atoms with Crippen molar-refractivity contribution in [1.29, 1.82) is 0 Å². The van der Waals surface area contributed by atoms with Crippen molar-refractivity contribution in [2.75, 3.05) is 0 Å². The number of aromatic nitrogens is 2. The molecule has 0 aliphatic carbocycles. The molecule has 0 aliphatic heterocycles. The molecule has 1 aromatic carbocycles. The number of nitrogens with one attached hydrogen (secondary N) is 1. The summed E-state index contributed by atoms with van der Waals surface area (Å²) in [6.45, 7) is 7.64. The number of carbonyl (C=O) groups is 2. The van der Waals surface area contributed by atoms with Gasteiger partial charge in [-0.05, 0) is 37.0 Å². The molecule has 0 saturated carbocycles. The van der Waals surface area contributed by atoms with Gasteiger partial charge in [-0.2, -0.15) is 5.10 Å². The van der Waals surface area contributed by atoms with E-state index in [1.807, 2.05) is 19.1 Å². The number of aliphatic carboxylic acids is 1. The third kappa shape index (κ3) is 3.82. The number of benzene rings is 1. The number of carboxylic acids is 1. The van der Waals surface area contributed by atoms with Gasteiger partial charge in [0.2, 0.25) is 0 Å². The zero-order valence-corrected chi connectivity index (χ0v) is 14.4. The van der Waals surface area contributed by atoms with Crippen LogP contribution in [0.2, 0.25) is 0 Å². The SMILES string of the molecule is CC(C)c1ccc(C(C)NC(=O)c2ccnn2C(C)C(=O)O)cc1. The second kappa shape index (κ2) is 7.29. The maximum absolute atomic E-state index is 12.4. The number of carboxylic acid groups (broad SMARTS) is 1. The highest BCUT2D eigenvalue weighted by atomic mass is 16.4. The molecule has 0 aliphatic rings. The first-order valence-corrected chi connectivity index (χ1v) is 7.98. The van der Waals surface area contributed by atoms with Gasteiger partial charge in [0.1, 0.15) is 11.7 Å². The highest BCUT2D eigenvalue weighted by Gasteiger charge is 2.22. The molecule has 1 aromatic heterocycles. The zero-order valence-electron chi connectivity index (χ0n) is 14.4. The second-order valence-corrected chi connectivity index (χ2v) is 6.19. The third-order valence-electron chi connectivity index (χ3n) is 4.08. The summed E-state index contributed by atoms with van der Waals surface area (Å²) in [6, 6.07) is 8.53. The molecule has 1 amide bonds. The summed E-state index contributed by atoms with van der Waals surface area (Å²) in [5, 5.41) is 15.9. The van der Waals surface area contributed by atoms with Crippen LogP contribution in [-0.4, -0.2) is 26.8 Å². The van der Waals surface area contributed by atoms with E-state index in [2.05, 4.69) is 36.4 Å². The summed E-state index contributed by atoms with van der Waals surface area (Å²) >= 11 is 0. The highest BCUT2D eigenvalue weighted by molar-refractivity contribution is 5.93. The molecule has 0 bridgehead atoms. The fraction of sp³-hybridized carbons (Fsp3) is 0.389. The monoisotopic (exact) mass is 329 g/mol. The molecule has 6 nitrogen and oxygen atoms in total. The van der Waals surface area contributed by atoms with E-state index in [9.17, 15) is 9.59 Å². The largest absolute Gasteiger partial charge is 0.480 e. The lowest BCUT2D eigenvalue weighted by Crippen LogP contribution is -2.30. The number of hydrogen-bond donors (Lipinski definition) is 2. The number of amides is 1. The van der Waals surface area contributed by atoms with Crippen molar-refractivity contribution < 1.29 is 14.7 Å². The van der Waals surface area contributed by atoms with E-state index < -0.39 is 12.0 Å². The molecule has 6 heteroatoms. The van der Waals surface area contributed by atoms with Crippen LogP contribution in [0.3, 0.4) is 0 Å². The van der Waals surface area contributed by atoms with Crippen molar-refractivity contribution in [2.45, 2.75) is 45.7 Å². The average molecular weight is 329 g/mol. The second-order valence-electron chi connectivity index (χ2n) is 6.19. The van der Waals surface area contributed by atoms with Gasteiger partial charge in [0.05, 0.1) is 6.04 Å². The maximum Gasteiger partial charge on any atom is 0.328 e. The van der Waals surface area contributed by atoms with Crippen LogP contribution < -0.4 is 5.32 Å². The molecule has 2 atom stereocenters. The Balaban J connectivity index is 2.12. The minimum atomic E-state index is -1.04. The molecule has 2 unspecified atom stereocenters. The first-order valence-electron chi connectivity index (χ1n) is 7.98. The number of carbonyl (C=O) groups excluding carboxylic acids is 1. The highest BCUT2D eigenvalue weighted by Crippen LogP contribution is 2.19. The normalized spacial score (nSPS) is 13.5. The van der Waals surface area contributed by atoms with E-state index in [1.54, 1.807) is 0 Å². The van der Waals surface area contributed by atoms with Crippen molar-refractivity contribution in [3.63, 3.8) is 0 Å². The summed E-state index contributed by atoms with van der Waals surface area (Å²) in [5.41, 5.74) is 2.46. The summed E-state index contributed by atoms with van der Waals surface area (Å²) in [6.07, 6.45) is 1.43. The molecule has 2 N–H and O–H groups in total. The van der Waals surface area contributed by atoms with Crippen molar-refractivity contribution in [2.24, 2.45) is 0 Å². The van der Waals surface area contributed by atoms with Crippen LogP contribution in [0.15, 0.2) is 36.5 Å². The smallest absolute Gasteiger partial charge is 0.328 e. The van der Waals surface area contributed by atoms with E-state index >= 15 is 0 Å². The van der Waals surface area contributed by atoms with Crippen molar-refractivity contribution in [3.05, 3.63) is 53.3 Å². The van der Waals surface area contributed by atoms with Crippen molar-refractivity contribution >= 4 is 11.9 Å². The van der Waals surface area contributed by atoms with E-state index in [4.69, 9.17) is 5.11 Å². The molecule has 0 fully saturated rings.